The summed E-state index contributed by atoms with van der Waals surface area (Å²) < 4.78 is 11.3. The van der Waals surface area contributed by atoms with Crippen LogP contribution < -0.4 is 20.2 Å². The van der Waals surface area contributed by atoms with Gasteiger partial charge in [-0.2, -0.15) is 5.10 Å². The molecule has 7 nitrogen and oxygen atoms in total. The molecule has 3 rings (SSSR count). The van der Waals surface area contributed by atoms with Crippen LogP contribution in [0, 0.1) is 0 Å². The van der Waals surface area contributed by atoms with Crippen molar-refractivity contribution in [3.05, 3.63) is 107 Å². The molecule has 0 heterocycles. The SMILES string of the molecule is C=CCOc1ccccc1/C=N\NC(=O)[C@@H](Cc1ccccc1)NC(=O)[C@H](C)Oc1ccc(Cl)cc1Cl. The van der Waals surface area contributed by atoms with Gasteiger partial charge in [0.25, 0.3) is 11.8 Å². The van der Waals surface area contributed by atoms with Crippen LogP contribution in [0.15, 0.2) is 90.6 Å². The summed E-state index contributed by atoms with van der Waals surface area (Å²) in [7, 11) is 0. The highest BCUT2D eigenvalue weighted by Crippen LogP contribution is 2.28. The van der Waals surface area contributed by atoms with Gasteiger partial charge in [0, 0.05) is 17.0 Å². The van der Waals surface area contributed by atoms with Gasteiger partial charge in [-0.3, -0.25) is 9.59 Å². The lowest BCUT2D eigenvalue weighted by molar-refractivity contribution is -0.132. The Morgan fingerprint density at radius 1 is 1.00 bits per heavy atom. The van der Waals surface area contributed by atoms with E-state index in [1.54, 1.807) is 37.3 Å². The third-order valence-corrected chi connectivity index (χ3v) is 5.67. The van der Waals surface area contributed by atoms with Crippen molar-refractivity contribution in [2.75, 3.05) is 6.61 Å². The van der Waals surface area contributed by atoms with E-state index in [9.17, 15) is 9.59 Å². The smallest absolute Gasteiger partial charge is 0.262 e. The topological polar surface area (TPSA) is 89.0 Å². The van der Waals surface area contributed by atoms with E-state index in [1.165, 1.54) is 12.3 Å². The van der Waals surface area contributed by atoms with Gasteiger partial charge in [0.05, 0.1) is 11.2 Å². The second-order valence-corrected chi connectivity index (χ2v) is 8.80. The van der Waals surface area contributed by atoms with Crippen molar-refractivity contribution in [1.82, 2.24) is 10.7 Å². The fourth-order valence-electron chi connectivity index (χ4n) is 3.27. The van der Waals surface area contributed by atoms with Crippen molar-refractivity contribution in [2.24, 2.45) is 5.10 Å². The summed E-state index contributed by atoms with van der Waals surface area (Å²) in [5.41, 5.74) is 4.05. The number of hydrogen-bond donors (Lipinski definition) is 2. The average Bonchev–Trinajstić information content (AvgIpc) is 2.89. The lowest BCUT2D eigenvalue weighted by Gasteiger charge is -2.21. The maximum atomic E-state index is 13.0. The molecule has 0 unspecified atom stereocenters. The molecule has 0 saturated carbocycles. The highest BCUT2D eigenvalue weighted by molar-refractivity contribution is 6.35. The number of amides is 2. The Morgan fingerprint density at radius 3 is 2.46 bits per heavy atom. The fraction of sp³-hybridized carbons (Fsp3) is 0.179. The molecule has 3 aromatic carbocycles. The highest BCUT2D eigenvalue weighted by Gasteiger charge is 2.25. The molecular weight excluding hydrogens is 513 g/mol. The van der Waals surface area contributed by atoms with E-state index >= 15 is 0 Å². The predicted octanol–water partition coefficient (Wildman–Crippen LogP) is 5.20. The standard InChI is InChI=1S/C28H27Cl2N3O4/c1-3-15-36-25-12-8-7-11-21(25)18-31-33-28(35)24(16-20-9-5-4-6-10-20)32-27(34)19(2)37-26-14-13-22(29)17-23(26)30/h3-14,17-19,24H,1,15-16H2,2H3,(H,32,34)(H,33,35)/b31-18-/t19-,24+/m0/s1. The molecule has 37 heavy (non-hydrogen) atoms. The van der Waals surface area contributed by atoms with Crippen LogP contribution in [0.1, 0.15) is 18.1 Å². The number of benzene rings is 3. The Kier molecular flexibility index (Phi) is 10.6. The van der Waals surface area contributed by atoms with Gasteiger partial charge in [0.2, 0.25) is 0 Å². The fourth-order valence-corrected chi connectivity index (χ4v) is 3.73. The molecule has 0 aliphatic rings. The van der Waals surface area contributed by atoms with Gasteiger partial charge in [-0.15, -0.1) is 0 Å². The van der Waals surface area contributed by atoms with Crippen LogP contribution in [0.5, 0.6) is 11.5 Å². The van der Waals surface area contributed by atoms with Crippen molar-refractivity contribution >= 4 is 41.2 Å². The van der Waals surface area contributed by atoms with E-state index < -0.39 is 24.0 Å². The first kappa shape index (κ1) is 27.8. The first-order valence-electron chi connectivity index (χ1n) is 11.5. The zero-order valence-corrected chi connectivity index (χ0v) is 21.7. The van der Waals surface area contributed by atoms with Crippen LogP contribution in [-0.2, 0) is 16.0 Å². The van der Waals surface area contributed by atoms with E-state index in [0.29, 0.717) is 28.7 Å². The Bertz CT molecular complexity index is 1250. The second-order valence-electron chi connectivity index (χ2n) is 7.96. The maximum Gasteiger partial charge on any atom is 0.262 e. The third kappa shape index (κ3) is 8.66. The Labute approximate surface area is 226 Å². The van der Waals surface area contributed by atoms with Crippen LogP contribution in [0.4, 0.5) is 0 Å². The number of hydrazone groups is 1. The molecule has 0 saturated heterocycles. The van der Waals surface area contributed by atoms with E-state index in [-0.39, 0.29) is 11.4 Å². The summed E-state index contributed by atoms with van der Waals surface area (Å²) in [4.78, 5) is 26.0. The lowest BCUT2D eigenvalue weighted by Crippen LogP contribution is -2.50. The molecule has 0 aliphatic carbocycles. The van der Waals surface area contributed by atoms with Crippen molar-refractivity contribution in [3.63, 3.8) is 0 Å². The predicted molar refractivity (Wildman–Crippen MR) is 146 cm³/mol. The molecular formula is C28H27Cl2N3O4. The van der Waals surface area contributed by atoms with Crippen LogP contribution in [-0.4, -0.2) is 36.8 Å². The molecule has 0 aliphatic heterocycles. The zero-order valence-electron chi connectivity index (χ0n) is 20.2. The zero-order chi connectivity index (χ0) is 26.6. The first-order valence-corrected chi connectivity index (χ1v) is 12.2. The lowest BCUT2D eigenvalue weighted by atomic mass is 10.1. The number of nitrogens with zero attached hydrogens (tertiary/aromatic N) is 1. The van der Waals surface area contributed by atoms with Crippen molar-refractivity contribution < 1.29 is 19.1 Å². The molecule has 2 atom stereocenters. The summed E-state index contributed by atoms with van der Waals surface area (Å²) >= 11 is 12.1. The van der Waals surface area contributed by atoms with Crippen LogP contribution in [0.3, 0.4) is 0 Å². The minimum Gasteiger partial charge on any atom is -0.489 e. The van der Waals surface area contributed by atoms with Crippen LogP contribution in [0.25, 0.3) is 0 Å². The molecule has 0 bridgehead atoms. The summed E-state index contributed by atoms with van der Waals surface area (Å²) in [6.45, 7) is 5.54. The van der Waals surface area contributed by atoms with E-state index in [2.05, 4.69) is 22.4 Å². The van der Waals surface area contributed by atoms with Gasteiger partial charge in [0.15, 0.2) is 6.10 Å². The summed E-state index contributed by atoms with van der Waals surface area (Å²) in [6, 6.07) is 20.4. The average molecular weight is 540 g/mol. The number of para-hydroxylation sites is 1. The van der Waals surface area contributed by atoms with Gasteiger partial charge in [-0.25, -0.2) is 5.43 Å². The van der Waals surface area contributed by atoms with Crippen molar-refractivity contribution in [2.45, 2.75) is 25.5 Å². The van der Waals surface area contributed by atoms with Crippen LogP contribution in [0.2, 0.25) is 10.0 Å². The minimum atomic E-state index is -0.929. The molecule has 2 amide bonds. The Balaban J connectivity index is 1.70. The summed E-state index contributed by atoms with van der Waals surface area (Å²) in [6.07, 6.45) is 2.44. The molecule has 9 heteroatoms. The number of nitrogens with one attached hydrogen (secondary N) is 2. The van der Waals surface area contributed by atoms with Gasteiger partial charge >= 0.3 is 0 Å². The number of halogens is 2. The third-order valence-electron chi connectivity index (χ3n) is 5.14. The number of ether oxygens (including phenoxy) is 2. The molecule has 192 valence electrons. The highest BCUT2D eigenvalue weighted by atomic mass is 35.5. The van der Waals surface area contributed by atoms with Gasteiger partial charge in [0.1, 0.15) is 24.1 Å². The summed E-state index contributed by atoms with van der Waals surface area (Å²) in [5.74, 6) is -0.0787. The molecule has 3 aromatic rings. The molecule has 0 spiro atoms. The van der Waals surface area contributed by atoms with Crippen LogP contribution >= 0.6 is 23.2 Å². The van der Waals surface area contributed by atoms with E-state index in [4.69, 9.17) is 32.7 Å². The van der Waals surface area contributed by atoms with Gasteiger partial charge < -0.3 is 14.8 Å². The summed E-state index contributed by atoms with van der Waals surface area (Å²) in [5, 5.41) is 7.54. The van der Waals surface area contributed by atoms with Crippen molar-refractivity contribution in [3.8, 4) is 11.5 Å². The Hall–Kier alpha value is -3.81. The molecule has 0 fully saturated rings. The van der Waals surface area contributed by atoms with Gasteiger partial charge in [-0.1, -0.05) is 78.3 Å². The quantitative estimate of drug-likeness (QED) is 0.188. The Morgan fingerprint density at radius 2 is 1.73 bits per heavy atom. The number of rotatable bonds is 12. The number of hydrogen-bond acceptors (Lipinski definition) is 5. The van der Waals surface area contributed by atoms with Gasteiger partial charge in [-0.05, 0) is 42.8 Å². The first-order chi connectivity index (χ1) is 17.9. The number of carbonyl (C=O) groups is 2. The maximum absolute atomic E-state index is 13.0. The van der Waals surface area contributed by atoms with Crippen molar-refractivity contribution in [1.29, 1.82) is 0 Å². The largest absolute Gasteiger partial charge is 0.489 e. The monoisotopic (exact) mass is 539 g/mol. The normalized spacial score (nSPS) is 12.4. The van der Waals surface area contributed by atoms with E-state index in [1.807, 2.05) is 42.5 Å². The molecule has 0 radical (unpaired) electrons. The number of carbonyl (C=O) groups excluding carboxylic acids is 2. The molecule has 0 aromatic heterocycles. The second kappa shape index (κ2) is 14.1. The molecule has 2 N–H and O–H groups in total. The minimum absolute atomic E-state index is 0.251. The van der Waals surface area contributed by atoms with E-state index in [0.717, 1.165) is 5.56 Å².